The highest BCUT2D eigenvalue weighted by atomic mass is 127. The standard InChI is InChI=1S/C19H17I2NO4/c1-12(23)22-17(19(24)25)11-14-9-15(20)18(16(21)10-14)26-8-7-13-5-3-2-4-6-13/h2-6,9-11H,7-8H2,1H3,(H,22,23)(H,24,25)/b17-11+. The van der Waals surface area contributed by atoms with E-state index in [4.69, 9.17) is 4.74 Å². The summed E-state index contributed by atoms with van der Waals surface area (Å²) in [5.74, 6) is -0.840. The molecule has 0 aliphatic rings. The van der Waals surface area contributed by atoms with Crippen molar-refractivity contribution < 1.29 is 19.4 Å². The summed E-state index contributed by atoms with van der Waals surface area (Å²) in [5, 5.41) is 11.5. The summed E-state index contributed by atoms with van der Waals surface area (Å²) >= 11 is 4.32. The number of rotatable bonds is 7. The van der Waals surface area contributed by atoms with E-state index in [1.807, 2.05) is 30.3 Å². The summed E-state index contributed by atoms with van der Waals surface area (Å²) in [5.41, 5.74) is 1.72. The van der Waals surface area contributed by atoms with Gasteiger partial charge in [-0.15, -0.1) is 0 Å². The van der Waals surface area contributed by atoms with Crippen LogP contribution in [0.3, 0.4) is 0 Å². The van der Waals surface area contributed by atoms with Gasteiger partial charge >= 0.3 is 5.97 Å². The van der Waals surface area contributed by atoms with Gasteiger partial charge in [0.05, 0.1) is 13.7 Å². The summed E-state index contributed by atoms with van der Waals surface area (Å²) < 4.78 is 7.67. The Hall–Kier alpha value is -1.62. The average molecular weight is 577 g/mol. The Labute approximate surface area is 179 Å². The van der Waals surface area contributed by atoms with Crippen molar-refractivity contribution in [3.05, 3.63) is 66.4 Å². The molecule has 0 fully saturated rings. The van der Waals surface area contributed by atoms with Crippen LogP contribution in [-0.4, -0.2) is 23.6 Å². The normalized spacial score (nSPS) is 11.1. The lowest BCUT2D eigenvalue weighted by Gasteiger charge is -2.12. The fourth-order valence-electron chi connectivity index (χ4n) is 2.22. The number of carbonyl (C=O) groups is 2. The molecule has 2 rings (SSSR count). The Morgan fingerprint density at radius 1 is 1.15 bits per heavy atom. The molecule has 2 aromatic rings. The number of nitrogens with one attached hydrogen (secondary N) is 1. The molecule has 0 atom stereocenters. The molecule has 0 saturated heterocycles. The van der Waals surface area contributed by atoms with E-state index >= 15 is 0 Å². The Morgan fingerprint density at radius 3 is 2.31 bits per heavy atom. The Kier molecular flexibility index (Phi) is 7.88. The first-order valence-corrected chi connectivity index (χ1v) is 9.91. The third-order valence-corrected chi connectivity index (χ3v) is 4.96. The fourth-order valence-corrected chi connectivity index (χ4v) is 4.35. The minimum absolute atomic E-state index is 0.165. The van der Waals surface area contributed by atoms with E-state index in [0.717, 1.165) is 19.3 Å². The largest absolute Gasteiger partial charge is 0.491 e. The van der Waals surface area contributed by atoms with Gasteiger partial charge in [0.15, 0.2) is 0 Å². The number of carboxylic acids is 1. The van der Waals surface area contributed by atoms with Crippen LogP contribution in [0.4, 0.5) is 0 Å². The van der Waals surface area contributed by atoms with Crippen LogP contribution in [0.2, 0.25) is 0 Å². The van der Waals surface area contributed by atoms with Gasteiger partial charge in [-0.2, -0.15) is 0 Å². The van der Waals surface area contributed by atoms with Crippen molar-refractivity contribution in [2.75, 3.05) is 6.61 Å². The highest BCUT2D eigenvalue weighted by Crippen LogP contribution is 2.30. The number of halogens is 2. The van der Waals surface area contributed by atoms with Gasteiger partial charge in [-0.25, -0.2) is 4.79 Å². The summed E-state index contributed by atoms with van der Waals surface area (Å²) in [4.78, 5) is 22.4. The van der Waals surface area contributed by atoms with Gasteiger partial charge in [-0.3, -0.25) is 4.79 Å². The van der Waals surface area contributed by atoms with Crippen LogP contribution in [0.25, 0.3) is 6.08 Å². The molecule has 2 N–H and O–H groups in total. The average Bonchev–Trinajstić information content (AvgIpc) is 2.57. The van der Waals surface area contributed by atoms with E-state index in [-0.39, 0.29) is 5.70 Å². The van der Waals surface area contributed by atoms with Crippen LogP contribution in [-0.2, 0) is 16.0 Å². The van der Waals surface area contributed by atoms with Crippen molar-refractivity contribution >= 4 is 63.1 Å². The zero-order valence-corrected chi connectivity index (χ0v) is 18.3. The molecule has 0 heterocycles. The molecule has 136 valence electrons. The van der Waals surface area contributed by atoms with Gasteiger partial charge in [0.25, 0.3) is 0 Å². The first kappa shape index (κ1) is 20.7. The van der Waals surface area contributed by atoms with Crippen LogP contribution < -0.4 is 10.1 Å². The van der Waals surface area contributed by atoms with Gasteiger partial charge < -0.3 is 15.2 Å². The Balaban J connectivity index is 2.14. The molecular formula is C19H17I2NO4. The summed E-state index contributed by atoms with van der Waals surface area (Å²) in [7, 11) is 0. The molecule has 0 saturated carbocycles. The molecule has 26 heavy (non-hydrogen) atoms. The monoisotopic (exact) mass is 577 g/mol. The van der Waals surface area contributed by atoms with Gasteiger partial charge in [0.1, 0.15) is 11.4 Å². The van der Waals surface area contributed by atoms with Crippen LogP contribution in [0.15, 0.2) is 48.2 Å². The SMILES string of the molecule is CC(=O)N/C(=C/c1cc(I)c(OCCc2ccccc2)c(I)c1)C(=O)O. The number of amides is 1. The zero-order valence-electron chi connectivity index (χ0n) is 14.0. The second kappa shape index (κ2) is 9.91. The predicted molar refractivity (Wildman–Crippen MR) is 117 cm³/mol. The lowest BCUT2D eigenvalue weighted by molar-refractivity contribution is -0.134. The number of carboxylic acid groups (broad SMARTS) is 1. The molecule has 5 nitrogen and oxygen atoms in total. The number of carbonyl (C=O) groups excluding carboxylic acids is 1. The number of hydrogen-bond acceptors (Lipinski definition) is 3. The summed E-state index contributed by atoms with van der Waals surface area (Å²) in [6.45, 7) is 1.82. The Bertz CT molecular complexity index is 812. The number of aliphatic carboxylic acids is 1. The molecule has 1 amide bonds. The third-order valence-electron chi connectivity index (χ3n) is 3.35. The highest BCUT2D eigenvalue weighted by Gasteiger charge is 2.12. The van der Waals surface area contributed by atoms with E-state index < -0.39 is 11.9 Å². The second-order valence-corrected chi connectivity index (χ2v) is 7.77. The van der Waals surface area contributed by atoms with Crippen molar-refractivity contribution in [1.29, 1.82) is 0 Å². The zero-order chi connectivity index (χ0) is 19.1. The highest BCUT2D eigenvalue weighted by molar-refractivity contribution is 14.1. The smallest absolute Gasteiger partial charge is 0.352 e. The molecule has 0 aliphatic heterocycles. The first-order valence-electron chi connectivity index (χ1n) is 7.75. The van der Waals surface area contributed by atoms with E-state index in [9.17, 15) is 14.7 Å². The van der Waals surface area contributed by atoms with Crippen molar-refractivity contribution in [3.63, 3.8) is 0 Å². The van der Waals surface area contributed by atoms with Crippen molar-refractivity contribution in [1.82, 2.24) is 5.32 Å². The number of hydrogen-bond donors (Lipinski definition) is 2. The van der Waals surface area contributed by atoms with Crippen molar-refractivity contribution in [2.45, 2.75) is 13.3 Å². The molecule has 7 heteroatoms. The maximum absolute atomic E-state index is 11.2. The molecule has 0 spiro atoms. The fraction of sp³-hybridized carbons (Fsp3) is 0.158. The van der Waals surface area contributed by atoms with Crippen LogP contribution in [0.5, 0.6) is 5.75 Å². The van der Waals surface area contributed by atoms with E-state index in [1.165, 1.54) is 18.6 Å². The van der Waals surface area contributed by atoms with Gasteiger partial charge in [0, 0.05) is 13.3 Å². The van der Waals surface area contributed by atoms with Crippen molar-refractivity contribution in [3.8, 4) is 5.75 Å². The van der Waals surface area contributed by atoms with Crippen LogP contribution in [0, 0.1) is 7.14 Å². The lowest BCUT2D eigenvalue weighted by Crippen LogP contribution is -2.24. The molecule has 0 aromatic heterocycles. The molecular weight excluding hydrogens is 560 g/mol. The minimum atomic E-state index is -1.19. The van der Waals surface area contributed by atoms with Crippen LogP contribution >= 0.6 is 45.2 Å². The summed E-state index contributed by atoms with van der Waals surface area (Å²) in [6, 6.07) is 13.7. The third kappa shape index (κ3) is 6.27. The van der Waals surface area contributed by atoms with E-state index in [2.05, 4.69) is 62.6 Å². The Morgan fingerprint density at radius 2 is 1.77 bits per heavy atom. The lowest BCUT2D eigenvalue weighted by atomic mass is 10.1. The van der Waals surface area contributed by atoms with Crippen molar-refractivity contribution in [2.24, 2.45) is 0 Å². The molecule has 0 radical (unpaired) electrons. The second-order valence-electron chi connectivity index (χ2n) is 5.44. The summed E-state index contributed by atoms with van der Waals surface area (Å²) in [6.07, 6.45) is 2.24. The van der Waals surface area contributed by atoms with Crippen LogP contribution in [0.1, 0.15) is 18.1 Å². The number of ether oxygens (including phenoxy) is 1. The maximum Gasteiger partial charge on any atom is 0.352 e. The molecule has 2 aromatic carbocycles. The molecule has 0 unspecified atom stereocenters. The number of benzene rings is 2. The quantitative estimate of drug-likeness (QED) is 0.385. The molecule has 0 bridgehead atoms. The minimum Gasteiger partial charge on any atom is -0.491 e. The predicted octanol–water partition coefficient (Wildman–Crippen LogP) is 4.08. The van der Waals surface area contributed by atoms with Gasteiger partial charge in [0.2, 0.25) is 5.91 Å². The van der Waals surface area contributed by atoms with Gasteiger partial charge in [-0.05, 0) is 74.5 Å². The molecule has 0 aliphatic carbocycles. The van der Waals surface area contributed by atoms with E-state index in [1.54, 1.807) is 0 Å². The van der Waals surface area contributed by atoms with E-state index in [0.29, 0.717) is 12.2 Å². The topological polar surface area (TPSA) is 75.6 Å². The first-order chi connectivity index (χ1) is 12.4. The van der Waals surface area contributed by atoms with Gasteiger partial charge in [-0.1, -0.05) is 30.3 Å². The maximum atomic E-state index is 11.2.